The van der Waals surface area contributed by atoms with Gasteiger partial charge in [0.15, 0.2) is 5.69 Å². The summed E-state index contributed by atoms with van der Waals surface area (Å²) in [5, 5.41) is 8.17. The van der Waals surface area contributed by atoms with Gasteiger partial charge in [0, 0.05) is 10.5 Å². The van der Waals surface area contributed by atoms with Gasteiger partial charge < -0.3 is 9.15 Å². The number of nitrogens with zero attached hydrogens (tertiary/aromatic N) is 4. The molecule has 0 N–H and O–H groups in total. The molecule has 0 saturated heterocycles. The number of benzene rings is 2. The second kappa shape index (κ2) is 8.77. The van der Waals surface area contributed by atoms with Crippen LogP contribution in [0.1, 0.15) is 33.2 Å². The summed E-state index contributed by atoms with van der Waals surface area (Å²) in [7, 11) is 0. The van der Waals surface area contributed by atoms with Crippen molar-refractivity contribution in [2.75, 3.05) is 6.26 Å². The Hall–Kier alpha value is -3.39. The highest BCUT2D eigenvalue weighted by Crippen LogP contribution is 2.25. The van der Waals surface area contributed by atoms with E-state index in [1.54, 1.807) is 30.3 Å². The number of carbonyl (C=O) groups excluding carboxylic acids is 1. The summed E-state index contributed by atoms with van der Waals surface area (Å²) < 4.78 is 12.9. The van der Waals surface area contributed by atoms with Crippen LogP contribution in [0.25, 0.3) is 17.1 Å². The fourth-order valence-corrected chi connectivity index (χ4v) is 3.65. The molecular weight excluding hydrogens is 412 g/mol. The van der Waals surface area contributed by atoms with Crippen LogP contribution in [0, 0.1) is 20.8 Å². The van der Waals surface area contributed by atoms with Crippen molar-refractivity contribution in [2.45, 2.75) is 32.3 Å². The van der Waals surface area contributed by atoms with Gasteiger partial charge in [-0.2, -0.15) is 0 Å². The van der Waals surface area contributed by atoms with Crippen LogP contribution in [0.2, 0.25) is 0 Å². The summed E-state index contributed by atoms with van der Waals surface area (Å²) in [6.07, 6.45) is 2.01. The highest BCUT2D eigenvalue weighted by Gasteiger charge is 2.21. The van der Waals surface area contributed by atoms with E-state index >= 15 is 0 Å². The van der Waals surface area contributed by atoms with E-state index in [0.29, 0.717) is 23.0 Å². The van der Waals surface area contributed by atoms with Crippen LogP contribution in [-0.4, -0.2) is 32.2 Å². The smallest absolute Gasteiger partial charge is 0.361 e. The first-order chi connectivity index (χ1) is 15.0. The maximum absolute atomic E-state index is 12.6. The second-order valence-electron chi connectivity index (χ2n) is 7.05. The predicted molar refractivity (Wildman–Crippen MR) is 118 cm³/mol. The van der Waals surface area contributed by atoms with E-state index in [9.17, 15) is 4.79 Å². The van der Waals surface area contributed by atoms with Crippen molar-refractivity contribution >= 4 is 17.7 Å². The number of esters is 1. The summed E-state index contributed by atoms with van der Waals surface area (Å²) in [4.78, 5) is 18.3. The highest BCUT2D eigenvalue weighted by molar-refractivity contribution is 7.98. The van der Waals surface area contributed by atoms with Crippen LogP contribution in [0.15, 0.2) is 57.8 Å². The van der Waals surface area contributed by atoms with Crippen LogP contribution in [0.3, 0.4) is 0 Å². The minimum atomic E-state index is -0.551. The molecule has 0 atom stereocenters. The van der Waals surface area contributed by atoms with Gasteiger partial charge >= 0.3 is 5.97 Å². The van der Waals surface area contributed by atoms with Crippen molar-refractivity contribution in [3.8, 4) is 17.1 Å². The van der Waals surface area contributed by atoms with Crippen LogP contribution < -0.4 is 0 Å². The van der Waals surface area contributed by atoms with Crippen molar-refractivity contribution < 1.29 is 13.9 Å². The minimum Gasteiger partial charge on any atom is -0.454 e. The third-order valence-corrected chi connectivity index (χ3v) is 5.72. The summed E-state index contributed by atoms with van der Waals surface area (Å²) in [5.41, 5.74) is 4.17. The number of hydrogen-bond donors (Lipinski definition) is 0. The average molecular weight is 435 g/mol. The Morgan fingerprint density at radius 1 is 1.13 bits per heavy atom. The van der Waals surface area contributed by atoms with Crippen LogP contribution in [0.4, 0.5) is 0 Å². The molecule has 4 aromatic rings. The molecule has 0 spiro atoms. The maximum atomic E-state index is 12.6. The van der Waals surface area contributed by atoms with Gasteiger partial charge in [-0.1, -0.05) is 29.5 Å². The number of thioether (sulfide) groups is 1. The molecule has 2 heterocycles. The molecule has 0 fully saturated rings. The first kappa shape index (κ1) is 20.9. The van der Waals surface area contributed by atoms with Crippen LogP contribution in [0.5, 0.6) is 0 Å². The first-order valence-corrected chi connectivity index (χ1v) is 11.0. The molecule has 2 aromatic carbocycles. The Morgan fingerprint density at radius 2 is 1.94 bits per heavy atom. The average Bonchev–Trinajstić information content (AvgIpc) is 3.34. The van der Waals surface area contributed by atoms with Crippen molar-refractivity contribution in [3.63, 3.8) is 0 Å². The fraction of sp³-hybridized carbons (Fsp3) is 0.217. The zero-order valence-corrected chi connectivity index (χ0v) is 18.6. The number of rotatable bonds is 6. The Bertz CT molecular complexity index is 1250. The number of aromatic nitrogens is 4. The molecule has 0 bridgehead atoms. The largest absolute Gasteiger partial charge is 0.454 e. The van der Waals surface area contributed by atoms with Gasteiger partial charge in [0.2, 0.25) is 5.89 Å². The monoisotopic (exact) mass is 434 g/mol. The van der Waals surface area contributed by atoms with E-state index in [4.69, 9.17) is 9.15 Å². The molecule has 0 aliphatic heterocycles. The van der Waals surface area contributed by atoms with Gasteiger partial charge in [-0.3, -0.25) is 0 Å². The molecule has 158 valence electrons. The molecule has 2 aromatic heterocycles. The third kappa shape index (κ3) is 4.25. The summed E-state index contributed by atoms with van der Waals surface area (Å²) in [6.45, 7) is 5.59. The standard InChI is InChI=1S/C23H22N4O3S/c1-14-8-5-6-11-19(14)22-24-20(16(3)30-22)13-29-23(28)21-15(2)27(26-25-21)17-9-7-10-18(12-17)31-4/h5-12H,13H2,1-4H3. The second-order valence-corrected chi connectivity index (χ2v) is 7.93. The van der Waals surface area contributed by atoms with E-state index in [-0.39, 0.29) is 12.3 Å². The summed E-state index contributed by atoms with van der Waals surface area (Å²) in [6, 6.07) is 15.7. The quantitative estimate of drug-likeness (QED) is 0.314. The number of aryl methyl sites for hydroxylation is 2. The lowest BCUT2D eigenvalue weighted by Gasteiger charge is -2.05. The molecule has 7 nitrogen and oxygen atoms in total. The van der Waals surface area contributed by atoms with E-state index in [2.05, 4.69) is 15.3 Å². The van der Waals surface area contributed by atoms with Crippen molar-refractivity contribution in [2.24, 2.45) is 0 Å². The molecule has 31 heavy (non-hydrogen) atoms. The molecule has 4 rings (SSSR count). The van der Waals surface area contributed by atoms with Crippen LogP contribution >= 0.6 is 11.8 Å². The van der Waals surface area contributed by atoms with Gasteiger partial charge in [0.1, 0.15) is 18.1 Å². The van der Waals surface area contributed by atoms with E-state index in [1.165, 1.54) is 0 Å². The number of carbonyl (C=O) groups is 1. The SMILES string of the molecule is CSc1cccc(-n2nnc(C(=O)OCc3nc(-c4ccccc4C)oc3C)c2C)c1. The number of oxazole rings is 1. The molecule has 8 heteroatoms. The predicted octanol–water partition coefficient (Wildman–Crippen LogP) is 4.93. The van der Waals surface area contributed by atoms with Crippen molar-refractivity contribution in [1.29, 1.82) is 0 Å². The molecule has 0 amide bonds. The molecule has 0 aliphatic carbocycles. The van der Waals surface area contributed by atoms with Crippen molar-refractivity contribution in [3.05, 3.63) is 76.9 Å². The lowest BCUT2D eigenvalue weighted by molar-refractivity contribution is 0.0459. The van der Waals surface area contributed by atoms with E-state index in [1.807, 2.05) is 61.7 Å². The minimum absolute atomic E-state index is 0.00565. The van der Waals surface area contributed by atoms with Crippen molar-refractivity contribution in [1.82, 2.24) is 20.0 Å². The van der Waals surface area contributed by atoms with Gasteiger partial charge in [0.25, 0.3) is 0 Å². The number of ether oxygens (including phenoxy) is 1. The Kier molecular flexibility index (Phi) is 5.90. The molecule has 0 unspecified atom stereocenters. The molecule has 0 aliphatic rings. The normalized spacial score (nSPS) is 11.0. The summed E-state index contributed by atoms with van der Waals surface area (Å²) >= 11 is 1.64. The lowest BCUT2D eigenvalue weighted by atomic mass is 10.1. The van der Waals surface area contributed by atoms with Gasteiger partial charge in [-0.05, 0) is 56.9 Å². The Balaban J connectivity index is 1.50. The number of hydrogen-bond acceptors (Lipinski definition) is 7. The maximum Gasteiger partial charge on any atom is 0.361 e. The third-order valence-electron chi connectivity index (χ3n) is 4.99. The highest BCUT2D eigenvalue weighted by atomic mass is 32.2. The molecule has 0 radical (unpaired) electrons. The first-order valence-electron chi connectivity index (χ1n) is 9.74. The Morgan fingerprint density at radius 3 is 2.71 bits per heavy atom. The molecular formula is C23H22N4O3S. The van der Waals surface area contributed by atoms with Gasteiger partial charge in [-0.25, -0.2) is 14.5 Å². The lowest BCUT2D eigenvalue weighted by Crippen LogP contribution is -2.09. The van der Waals surface area contributed by atoms with E-state index in [0.717, 1.165) is 21.7 Å². The Labute approximate surface area is 184 Å². The molecule has 0 saturated carbocycles. The zero-order valence-electron chi connectivity index (χ0n) is 17.7. The topological polar surface area (TPSA) is 83.0 Å². The van der Waals surface area contributed by atoms with Gasteiger partial charge in [0.05, 0.1) is 11.4 Å². The zero-order chi connectivity index (χ0) is 22.0. The van der Waals surface area contributed by atoms with Crippen LogP contribution in [-0.2, 0) is 11.3 Å². The fourth-order valence-electron chi connectivity index (χ4n) is 3.20. The van der Waals surface area contributed by atoms with Gasteiger partial charge in [-0.15, -0.1) is 16.9 Å². The summed E-state index contributed by atoms with van der Waals surface area (Å²) in [5.74, 6) is 0.572. The van der Waals surface area contributed by atoms with E-state index < -0.39 is 5.97 Å².